The Morgan fingerprint density at radius 1 is 0.523 bits per heavy atom. The van der Waals surface area contributed by atoms with Gasteiger partial charge in [-0.05, 0) is 62.2 Å². The highest BCUT2D eigenvalue weighted by molar-refractivity contribution is 7.92. The van der Waals surface area contributed by atoms with Gasteiger partial charge < -0.3 is 4.90 Å². The van der Waals surface area contributed by atoms with E-state index in [1.54, 1.807) is 6.07 Å². The van der Waals surface area contributed by atoms with E-state index in [0.717, 1.165) is 37.8 Å². The predicted molar refractivity (Wildman–Crippen MR) is 182 cm³/mol. The van der Waals surface area contributed by atoms with E-state index in [2.05, 4.69) is 128 Å². The molecular formula is C39H31NO2SSi. The summed E-state index contributed by atoms with van der Waals surface area (Å²) in [7, 11) is -6.82. The van der Waals surface area contributed by atoms with Crippen LogP contribution in [-0.2, 0) is 15.3 Å². The highest BCUT2D eigenvalue weighted by atomic mass is 32.2. The SMILES string of the molecule is CC1(C)c2ccccc2N(c2ccc3c(c2)S(=O)(=O)c2ccccc2[Si]3(c2ccccc2)c2ccccc2)c2ccccc21. The minimum atomic E-state index is -3.82. The first kappa shape index (κ1) is 26.9. The summed E-state index contributed by atoms with van der Waals surface area (Å²) < 4.78 is 29.4. The number of hydrogen-bond donors (Lipinski definition) is 0. The zero-order valence-corrected chi connectivity index (χ0v) is 26.4. The third-order valence-electron chi connectivity index (χ3n) is 9.55. The number of sulfone groups is 1. The van der Waals surface area contributed by atoms with Crippen molar-refractivity contribution in [3.05, 3.63) is 163 Å². The summed E-state index contributed by atoms with van der Waals surface area (Å²) in [5, 5.41) is 4.14. The van der Waals surface area contributed by atoms with Gasteiger partial charge in [-0.3, -0.25) is 0 Å². The third kappa shape index (κ3) is 3.57. The Labute approximate surface area is 260 Å². The maximum absolute atomic E-state index is 14.7. The summed E-state index contributed by atoms with van der Waals surface area (Å²) >= 11 is 0. The van der Waals surface area contributed by atoms with Crippen LogP contribution in [-0.4, -0.2) is 16.5 Å². The third-order valence-corrected chi connectivity index (χ3v) is 16.6. The van der Waals surface area contributed by atoms with Crippen molar-refractivity contribution in [3.8, 4) is 0 Å². The molecule has 2 aliphatic rings. The molecule has 0 saturated heterocycles. The molecular weight excluding hydrogens is 575 g/mol. The fraction of sp³-hybridized carbons (Fsp3) is 0.0769. The minimum absolute atomic E-state index is 0.203. The topological polar surface area (TPSA) is 37.4 Å². The van der Waals surface area contributed by atoms with Crippen molar-refractivity contribution >= 4 is 55.7 Å². The van der Waals surface area contributed by atoms with Crippen LogP contribution in [0, 0.1) is 0 Å². The summed E-state index contributed by atoms with van der Waals surface area (Å²) in [5.74, 6) is 0. The largest absolute Gasteiger partial charge is 0.310 e. The van der Waals surface area contributed by atoms with Crippen molar-refractivity contribution in [1.82, 2.24) is 0 Å². The highest BCUT2D eigenvalue weighted by Gasteiger charge is 2.51. The Bertz CT molecular complexity index is 2090. The molecule has 0 amide bonds. The van der Waals surface area contributed by atoms with Crippen LogP contribution in [0.1, 0.15) is 25.0 Å². The molecule has 6 aromatic carbocycles. The van der Waals surface area contributed by atoms with Crippen LogP contribution < -0.4 is 25.6 Å². The first-order chi connectivity index (χ1) is 21.4. The molecule has 0 spiro atoms. The van der Waals surface area contributed by atoms with E-state index in [4.69, 9.17) is 0 Å². The Morgan fingerprint density at radius 2 is 1.00 bits per heavy atom. The zero-order valence-electron chi connectivity index (χ0n) is 24.6. The van der Waals surface area contributed by atoms with Crippen molar-refractivity contribution in [3.63, 3.8) is 0 Å². The number of fused-ring (bicyclic) bond motifs is 4. The Kier molecular flexibility index (Phi) is 5.89. The number of anilines is 3. The Hall–Kier alpha value is -4.71. The fourth-order valence-electron chi connectivity index (χ4n) is 7.57. The second-order valence-corrected chi connectivity index (χ2v) is 17.8. The van der Waals surface area contributed by atoms with Crippen LogP contribution in [0.4, 0.5) is 17.1 Å². The van der Waals surface area contributed by atoms with Gasteiger partial charge in [0.05, 0.1) is 21.2 Å². The van der Waals surface area contributed by atoms with Crippen molar-refractivity contribution in [2.45, 2.75) is 29.1 Å². The Balaban J connectivity index is 1.47. The van der Waals surface area contributed by atoms with Crippen molar-refractivity contribution in [2.24, 2.45) is 0 Å². The average molecular weight is 606 g/mol. The molecule has 5 heteroatoms. The summed E-state index contributed by atoms with van der Waals surface area (Å²) in [5.41, 5.74) is 5.19. The molecule has 6 aromatic rings. The molecule has 0 unspecified atom stereocenters. The van der Waals surface area contributed by atoms with E-state index < -0.39 is 17.9 Å². The van der Waals surface area contributed by atoms with E-state index in [9.17, 15) is 8.42 Å². The van der Waals surface area contributed by atoms with Gasteiger partial charge in [0.2, 0.25) is 9.84 Å². The fourth-order valence-corrected chi connectivity index (χ4v) is 15.6. The first-order valence-electron chi connectivity index (χ1n) is 15.0. The summed E-state index contributed by atoms with van der Waals surface area (Å²) in [4.78, 5) is 3.04. The van der Waals surface area contributed by atoms with Gasteiger partial charge in [0.1, 0.15) is 0 Å². The first-order valence-corrected chi connectivity index (χ1v) is 18.4. The number of hydrogen-bond acceptors (Lipinski definition) is 3. The average Bonchev–Trinajstić information content (AvgIpc) is 3.07. The zero-order chi connectivity index (χ0) is 30.1. The van der Waals surface area contributed by atoms with Crippen LogP contribution in [0.15, 0.2) is 161 Å². The molecule has 8 rings (SSSR count). The van der Waals surface area contributed by atoms with Crippen molar-refractivity contribution < 1.29 is 8.42 Å². The number of para-hydroxylation sites is 2. The summed E-state index contributed by atoms with van der Waals surface area (Å²) in [6, 6.07) is 51.8. The maximum Gasteiger partial charge on any atom is 0.206 e. The molecule has 2 heterocycles. The maximum atomic E-state index is 14.7. The molecule has 0 radical (unpaired) electrons. The molecule has 0 atom stereocenters. The molecule has 44 heavy (non-hydrogen) atoms. The molecule has 0 aromatic heterocycles. The van der Waals surface area contributed by atoms with Gasteiger partial charge >= 0.3 is 0 Å². The minimum Gasteiger partial charge on any atom is -0.310 e. The Morgan fingerprint density at radius 3 is 1.59 bits per heavy atom. The molecule has 3 nitrogen and oxygen atoms in total. The lowest BCUT2D eigenvalue weighted by Crippen LogP contribution is -2.77. The smallest absolute Gasteiger partial charge is 0.206 e. The molecule has 0 bridgehead atoms. The second kappa shape index (κ2) is 9.65. The van der Waals surface area contributed by atoms with Crippen LogP contribution in [0.2, 0.25) is 0 Å². The standard InChI is InChI=1S/C39H31NO2SSi/c1-39(2)31-19-9-11-21-33(31)40(34-22-12-10-20-32(34)39)28-25-26-38-36(27-28)43(41,42)35-23-13-14-24-37(35)44(38,29-15-5-3-6-16-29)30-17-7-4-8-18-30/h3-27H,1-2H3. The van der Waals surface area contributed by atoms with Gasteiger partial charge in [0, 0.05) is 11.1 Å². The van der Waals surface area contributed by atoms with Crippen molar-refractivity contribution in [2.75, 3.05) is 4.90 Å². The van der Waals surface area contributed by atoms with Gasteiger partial charge in [0.25, 0.3) is 0 Å². The van der Waals surface area contributed by atoms with Crippen LogP contribution in [0.3, 0.4) is 0 Å². The van der Waals surface area contributed by atoms with E-state index >= 15 is 0 Å². The van der Waals surface area contributed by atoms with Crippen LogP contribution >= 0.6 is 0 Å². The second-order valence-electron chi connectivity index (χ2n) is 12.2. The monoisotopic (exact) mass is 605 g/mol. The van der Waals surface area contributed by atoms with E-state index in [-0.39, 0.29) is 5.41 Å². The molecule has 0 saturated carbocycles. The summed E-state index contributed by atoms with van der Waals surface area (Å²) in [6.07, 6.45) is 0. The van der Waals surface area contributed by atoms with Gasteiger partial charge in [-0.1, -0.05) is 135 Å². The van der Waals surface area contributed by atoms with Gasteiger partial charge in [-0.2, -0.15) is 0 Å². The van der Waals surface area contributed by atoms with E-state index in [0.29, 0.717) is 9.79 Å². The lowest BCUT2D eigenvalue weighted by atomic mass is 9.73. The van der Waals surface area contributed by atoms with Crippen LogP contribution in [0.5, 0.6) is 0 Å². The lowest BCUT2D eigenvalue weighted by molar-refractivity contribution is 0.596. The molecule has 2 aliphatic heterocycles. The number of benzene rings is 6. The molecule has 0 fully saturated rings. The molecule has 0 aliphatic carbocycles. The van der Waals surface area contributed by atoms with Gasteiger partial charge in [-0.25, -0.2) is 8.42 Å². The van der Waals surface area contributed by atoms with Crippen LogP contribution in [0.25, 0.3) is 0 Å². The van der Waals surface area contributed by atoms with E-state index in [1.807, 2.05) is 36.4 Å². The molecule has 214 valence electrons. The quantitative estimate of drug-likeness (QED) is 0.221. The highest BCUT2D eigenvalue weighted by Crippen LogP contribution is 2.51. The number of nitrogens with zero attached hydrogens (tertiary/aromatic N) is 1. The molecule has 0 N–H and O–H groups in total. The lowest BCUT2D eigenvalue weighted by Gasteiger charge is -2.43. The van der Waals surface area contributed by atoms with Gasteiger partial charge in [-0.15, -0.1) is 0 Å². The van der Waals surface area contributed by atoms with Crippen molar-refractivity contribution in [1.29, 1.82) is 0 Å². The van der Waals surface area contributed by atoms with Gasteiger partial charge in [0.15, 0.2) is 8.07 Å². The predicted octanol–water partition coefficient (Wildman–Crippen LogP) is 6.32. The summed E-state index contributed by atoms with van der Waals surface area (Å²) in [6.45, 7) is 4.52. The number of rotatable bonds is 3. The van der Waals surface area contributed by atoms with E-state index in [1.165, 1.54) is 11.1 Å². The normalized spacial score (nSPS) is 16.6.